The number of likely N-dealkylation sites (N-methyl/N-ethyl adjacent to an activating group) is 1. The summed E-state index contributed by atoms with van der Waals surface area (Å²) >= 11 is 0. The molecule has 0 bridgehead atoms. The molecular formula is C22H32N6O4. The maximum Gasteiger partial charge on any atom is 0.332 e. The van der Waals surface area contributed by atoms with Gasteiger partial charge in [0.05, 0.1) is 6.20 Å². The van der Waals surface area contributed by atoms with Crippen LogP contribution in [-0.4, -0.2) is 60.2 Å². The first kappa shape index (κ1) is 22.3. The van der Waals surface area contributed by atoms with E-state index in [1.54, 1.807) is 23.3 Å². The van der Waals surface area contributed by atoms with Gasteiger partial charge in [-0.3, -0.25) is 28.7 Å². The van der Waals surface area contributed by atoms with Gasteiger partial charge in [-0.05, 0) is 51.9 Å². The number of nitrogens with one attached hydrogen (secondary N) is 1. The first-order chi connectivity index (χ1) is 15.2. The van der Waals surface area contributed by atoms with Gasteiger partial charge in [0.15, 0.2) is 0 Å². The minimum atomic E-state index is -0.848. The van der Waals surface area contributed by atoms with Crippen molar-refractivity contribution in [3.05, 3.63) is 27.0 Å². The Balaban J connectivity index is 1.54. The standard InChI is InChI=1S/C22H32N6O4/c1-5-6-11-26-17-16(12-23-24-17)18(29)28(21(26)32)15-9-7-14(8-10-15)13-27-20(31)25(4)19(30)22(27,2)3/h12,14-15H,5-11,13H2,1-4H3,(H,23,24). The number of urea groups is 1. The SMILES string of the molecule is CCCCn1c(=O)n(C2CCC(CN3C(=O)N(C)C(=O)C3(C)C)CC2)c(=O)c2cn[nH]c21. The number of unbranched alkanes of at least 4 members (excludes halogenated alkanes) is 1. The van der Waals surface area contributed by atoms with Crippen molar-refractivity contribution in [1.29, 1.82) is 0 Å². The van der Waals surface area contributed by atoms with Gasteiger partial charge in [0, 0.05) is 26.2 Å². The highest BCUT2D eigenvalue weighted by molar-refractivity contribution is 6.06. The average molecular weight is 445 g/mol. The summed E-state index contributed by atoms with van der Waals surface area (Å²) in [4.78, 5) is 54.1. The van der Waals surface area contributed by atoms with Gasteiger partial charge >= 0.3 is 11.7 Å². The predicted octanol–water partition coefficient (Wildman–Crippen LogP) is 2.09. The quantitative estimate of drug-likeness (QED) is 0.686. The molecule has 1 N–H and O–H groups in total. The second kappa shape index (κ2) is 8.22. The van der Waals surface area contributed by atoms with E-state index in [-0.39, 0.29) is 35.1 Å². The normalized spacial score (nSPS) is 23.5. The molecular weight excluding hydrogens is 412 g/mol. The number of fused-ring (bicyclic) bond motifs is 1. The third kappa shape index (κ3) is 3.45. The molecule has 0 unspecified atom stereocenters. The van der Waals surface area contributed by atoms with Crippen LogP contribution in [-0.2, 0) is 11.3 Å². The Morgan fingerprint density at radius 3 is 2.41 bits per heavy atom. The smallest absolute Gasteiger partial charge is 0.310 e. The highest BCUT2D eigenvalue weighted by Crippen LogP contribution is 2.35. The number of nitrogens with zero attached hydrogens (tertiary/aromatic N) is 5. The summed E-state index contributed by atoms with van der Waals surface area (Å²) in [5.41, 5.74) is -0.939. The molecule has 3 amide bonds. The largest absolute Gasteiger partial charge is 0.332 e. The molecule has 2 fully saturated rings. The van der Waals surface area contributed by atoms with E-state index in [0.29, 0.717) is 37.0 Å². The number of hydrogen-bond acceptors (Lipinski definition) is 5. The number of hydrogen-bond donors (Lipinski definition) is 1. The molecule has 2 aromatic rings. The lowest BCUT2D eigenvalue weighted by molar-refractivity contribution is -0.131. The summed E-state index contributed by atoms with van der Waals surface area (Å²) < 4.78 is 3.04. The molecule has 0 spiro atoms. The zero-order valence-electron chi connectivity index (χ0n) is 19.3. The molecule has 2 aliphatic rings. The molecule has 10 heteroatoms. The average Bonchev–Trinajstić information content (AvgIpc) is 3.31. The van der Waals surface area contributed by atoms with E-state index >= 15 is 0 Å². The molecule has 0 aromatic carbocycles. The second-order valence-electron chi connectivity index (χ2n) is 9.59. The fourth-order valence-electron chi connectivity index (χ4n) is 5.11. The molecule has 2 aromatic heterocycles. The first-order valence-corrected chi connectivity index (χ1v) is 11.5. The van der Waals surface area contributed by atoms with Gasteiger partial charge in [-0.25, -0.2) is 9.59 Å². The molecule has 0 atom stereocenters. The molecule has 32 heavy (non-hydrogen) atoms. The van der Waals surface area contributed by atoms with Gasteiger partial charge in [-0.1, -0.05) is 13.3 Å². The fraction of sp³-hybridized carbons (Fsp3) is 0.682. The summed E-state index contributed by atoms with van der Waals surface area (Å²) in [6.07, 6.45) is 6.21. The van der Waals surface area contributed by atoms with Crippen LogP contribution in [0.1, 0.15) is 65.3 Å². The van der Waals surface area contributed by atoms with Crippen molar-refractivity contribution >= 4 is 23.0 Å². The second-order valence-corrected chi connectivity index (χ2v) is 9.59. The third-order valence-corrected chi connectivity index (χ3v) is 7.15. The summed E-state index contributed by atoms with van der Waals surface area (Å²) in [7, 11) is 1.52. The van der Waals surface area contributed by atoms with Gasteiger partial charge in [0.1, 0.15) is 16.6 Å². The minimum Gasteiger partial charge on any atom is -0.310 e. The van der Waals surface area contributed by atoms with Crippen LogP contribution < -0.4 is 11.2 Å². The molecule has 174 valence electrons. The van der Waals surface area contributed by atoms with E-state index in [0.717, 1.165) is 25.7 Å². The van der Waals surface area contributed by atoms with Gasteiger partial charge < -0.3 is 4.90 Å². The Bertz CT molecular complexity index is 1150. The molecule has 3 heterocycles. The maximum absolute atomic E-state index is 13.2. The van der Waals surface area contributed by atoms with E-state index in [2.05, 4.69) is 17.1 Å². The molecule has 4 rings (SSSR count). The Kier molecular flexibility index (Phi) is 5.72. The van der Waals surface area contributed by atoms with E-state index in [1.807, 2.05) is 0 Å². The topological polar surface area (TPSA) is 113 Å². The number of imide groups is 1. The van der Waals surface area contributed by atoms with Gasteiger partial charge in [-0.2, -0.15) is 5.10 Å². The Hall–Kier alpha value is -2.91. The van der Waals surface area contributed by atoms with Gasteiger partial charge in [0.25, 0.3) is 11.5 Å². The number of H-pyrrole nitrogens is 1. The highest BCUT2D eigenvalue weighted by atomic mass is 16.2. The first-order valence-electron chi connectivity index (χ1n) is 11.5. The monoisotopic (exact) mass is 444 g/mol. The van der Waals surface area contributed by atoms with Crippen LogP contribution in [0.5, 0.6) is 0 Å². The minimum absolute atomic E-state index is 0.176. The van der Waals surface area contributed by atoms with Crippen LogP contribution in [0.3, 0.4) is 0 Å². The van der Waals surface area contributed by atoms with Gasteiger partial charge in [0.2, 0.25) is 0 Å². The van der Waals surface area contributed by atoms with Crippen molar-refractivity contribution in [1.82, 2.24) is 29.1 Å². The summed E-state index contributed by atoms with van der Waals surface area (Å²) in [5.74, 6) is 0.0354. The number of carbonyl (C=O) groups is 2. The maximum atomic E-state index is 13.2. The van der Waals surface area contributed by atoms with Crippen LogP contribution >= 0.6 is 0 Å². The van der Waals surface area contributed by atoms with Crippen LogP contribution in [0.4, 0.5) is 4.79 Å². The third-order valence-electron chi connectivity index (χ3n) is 7.15. The highest BCUT2D eigenvalue weighted by Gasteiger charge is 2.50. The predicted molar refractivity (Wildman–Crippen MR) is 119 cm³/mol. The van der Waals surface area contributed by atoms with E-state index in [4.69, 9.17) is 0 Å². The number of rotatable bonds is 6. The van der Waals surface area contributed by atoms with Crippen molar-refractivity contribution in [2.24, 2.45) is 5.92 Å². The number of aromatic nitrogens is 4. The lowest BCUT2D eigenvalue weighted by atomic mass is 9.85. The van der Waals surface area contributed by atoms with Crippen molar-refractivity contribution < 1.29 is 9.59 Å². The number of amides is 3. The zero-order chi connectivity index (χ0) is 23.2. The molecule has 1 aliphatic carbocycles. The van der Waals surface area contributed by atoms with Crippen LogP contribution in [0.2, 0.25) is 0 Å². The number of carbonyl (C=O) groups excluding carboxylic acids is 2. The summed E-state index contributed by atoms with van der Waals surface area (Å²) in [6, 6.07) is -0.437. The Labute approximate surface area is 186 Å². The van der Waals surface area contributed by atoms with E-state index < -0.39 is 5.54 Å². The Morgan fingerprint density at radius 1 is 1.12 bits per heavy atom. The lowest BCUT2D eigenvalue weighted by Gasteiger charge is -2.35. The number of aryl methyl sites for hydroxylation is 1. The van der Waals surface area contributed by atoms with Crippen molar-refractivity contribution in [2.45, 2.75) is 77.4 Å². The van der Waals surface area contributed by atoms with E-state index in [1.165, 1.54) is 22.7 Å². The van der Waals surface area contributed by atoms with Gasteiger partial charge in [-0.15, -0.1) is 0 Å². The summed E-state index contributed by atoms with van der Waals surface area (Å²) in [6.45, 7) is 6.66. The zero-order valence-corrected chi connectivity index (χ0v) is 19.3. The molecule has 1 aliphatic heterocycles. The van der Waals surface area contributed by atoms with Crippen LogP contribution in [0.25, 0.3) is 11.0 Å². The van der Waals surface area contributed by atoms with Crippen molar-refractivity contribution in [3.63, 3.8) is 0 Å². The van der Waals surface area contributed by atoms with Crippen LogP contribution in [0, 0.1) is 5.92 Å². The van der Waals surface area contributed by atoms with E-state index in [9.17, 15) is 19.2 Å². The Morgan fingerprint density at radius 2 is 1.81 bits per heavy atom. The van der Waals surface area contributed by atoms with Crippen LogP contribution in [0.15, 0.2) is 15.8 Å². The van der Waals surface area contributed by atoms with Crippen molar-refractivity contribution in [3.8, 4) is 0 Å². The molecule has 1 saturated heterocycles. The number of aromatic amines is 1. The van der Waals surface area contributed by atoms with Crippen molar-refractivity contribution in [2.75, 3.05) is 13.6 Å². The fourth-order valence-corrected chi connectivity index (χ4v) is 5.11. The lowest BCUT2D eigenvalue weighted by Crippen LogP contribution is -2.47. The molecule has 0 radical (unpaired) electrons. The summed E-state index contributed by atoms with van der Waals surface area (Å²) in [5, 5.41) is 7.24. The molecule has 1 saturated carbocycles. The molecule has 10 nitrogen and oxygen atoms in total.